The summed E-state index contributed by atoms with van der Waals surface area (Å²) >= 11 is 0. The van der Waals surface area contributed by atoms with E-state index in [2.05, 4.69) is 35.6 Å². The molecule has 0 saturated heterocycles. The molecule has 8 heterocycles. The summed E-state index contributed by atoms with van der Waals surface area (Å²) in [6, 6.07) is 14.8. The second-order valence-corrected chi connectivity index (χ2v) is 9.76. The summed E-state index contributed by atoms with van der Waals surface area (Å²) in [5.74, 6) is 1.22. The Kier molecular flexibility index (Phi) is 5.82. The Hall–Kier alpha value is -6.44. The van der Waals surface area contributed by atoms with Crippen molar-refractivity contribution in [2.45, 2.75) is 11.0 Å². The zero-order valence-corrected chi connectivity index (χ0v) is 22.8. The van der Waals surface area contributed by atoms with Gasteiger partial charge in [0.1, 0.15) is 23.2 Å². The molecule has 14 heteroatoms. The van der Waals surface area contributed by atoms with Crippen LogP contribution in [0.1, 0.15) is 34.5 Å². The van der Waals surface area contributed by atoms with Crippen LogP contribution in [-0.4, -0.2) is 60.5 Å². The molecule has 7 aromatic rings. The van der Waals surface area contributed by atoms with Crippen molar-refractivity contribution in [3.63, 3.8) is 0 Å². The zero-order chi connectivity index (χ0) is 29.4. The highest BCUT2D eigenvalue weighted by Gasteiger charge is 2.73. The van der Waals surface area contributed by atoms with Gasteiger partial charge in [-0.1, -0.05) is 6.07 Å². The average molecular weight is 580 g/mol. The number of aromatic amines is 2. The SMILES string of the molecule is c1ccc(N2C(c3cccnn3)=C(c3ncccn3)C(c3cnccn3)(c3ccn[nH]3)C2(c2ccn[nH]2)c2ncco2)nc1. The highest BCUT2D eigenvalue weighted by Crippen LogP contribution is 2.67. The first-order chi connectivity index (χ1) is 21.9. The summed E-state index contributed by atoms with van der Waals surface area (Å²) in [4.78, 5) is 30.8. The number of nitrogens with one attached hydrogen (secondary N) is 2. The standard InChI is InChI=1S/C30H21N13O/c1-2-9-33-24(6-1)43-26(20-5-3-12-37-40-20)25(27-34-10-4-11-35-27)29(21-7-13-38-41-21,23-19-31-15-16-32-23)30(43,22-8-14-39-42-22)28-36-17-18-44-28/h1-19H,(H,38,41)(H,39,42). The molecule has 212 valence electrons. The Labute approximate surface area is 249 Å². The molecule has 2 N–H and O–H groups in total. The number of hydrogen-bond acceptors (Lipinski definition) is 12. The van der Waals surface area contributed by atoms with E-state index in [1.165, 1.54) is 6.26 Å². The third-order valence-electron chi connectivity index (χ3n) is 7.68. The van der Waals surface area contributed by atoms with Gasteiger partial charge in [-0.3, -0.25) is 20.2 Å². The van der Waals surface area contributed by atoms with E-state index in [1.54, 1.807) is 68.0 Å². The molecule has 2 unspecified atom stereocenters. The molecule has 0 spiro atoms. The van der Waals surface area contributed by atoms with Crippen LogP contribution in [-0.2, 0) is 11.0 Å². The lowest BCUT2D eigenvalue weighted by Crippen LogP contribution is -2.58. The van der Waals surface area contributed by atoms with Crippen LogP contribution in [0.15, 0.2) is 121 Å². The van der Waals surface area contributed by atoms with Gasteiger partial charge in [0.2, 0.25) is 5.89 Å². The molecular weight excluding hydrogens is 558 g/mol. The lowest BCUT2D eigenvalue weighted by atomic mass is 9.60. The summed E-state index contributed by atoms with van der Waals surface area (Å²) in [5, 5.41) is 24.2. The van der Waals surface area contributed by atoms with Crippen LogP contribution < -0.4 is 4.90 Å². The van der Waals surface area contributed by atoms with E-state index in [1.807, 2.05) is 47.4 Å². The number of H-pyrrole nitrogens is 2. The molecule has 0 aromatic carbocycles. The molecule has 0 aliphatic carbocycles. The van der Waals surface area contributed by atoms with Crippen molar-refractivity contribution in [2.24, 2.45) is 0 Å². The average Bonchev–Trinajstić information content (AvgIpc) is 3.93. The molecule has 0 bridgehead atoms. The first kappa shape index (κ1) is 25.3. The zero-order valence-electron chi connectivity index (χ0n) is 22.8. The molecule has 44 heavy (non-hydrogen) atoms. The molecule has 0 amide bonds. The van der Waals surface area contributed by atoms with Crippen molar-refractivity contribution in [3.05, 3.63) is 151 Å². The van der Waals surface area contributed by atoms with E-state index >= 15 is 0 Å². The van der Waals surface area contributed by atoms with E-state index in [-0.39, 0.29) is 0 Å². The summed E-state index contributed by atoms with van der Waals surface area (Å²) in [6.07, 6.45) is 18.1. The Bertz CT molecular complexity index is 1970. The van der Waals surface area contributed by atoms with E-state index in [0.717, 1.165) is 0 Å². The van der Waals surface area contributed by atoms with Crippen LogP contribution >= 0.6 is 0 Å². The van der Waals surface area contributed by atoms with Crippen LogP contribution in [0, 0.1) is 0 Å². The van der Waals surface area contributed by atoms with E-state index in [9.17, 15) is 0 Å². The van der Waals surface area contributed by atoms with Gasteiger partial charge in [-0.25, -0.2) is 19.9 Å². The van der Waals surface area contributed by atoms with Gasteiger partial charge in [-0.05, 0) is 42.5 Å². The fourth-order valence-electron chi connectivity index (χ4n) is 6.24. The second kappa shape index (κ2) is 10.1. The summed E-state index contributed by atoms with van der Waals surface area (Å²) < 4.78 is 6.33. The van der Waals surface area contributed by atoms with Crippen molar-refractivity contribution < 1.29 is 4.42 Å². The monoisotopic (exact) mass is 579 g/mol. The Balaban J connectivity index is 1.69. The van der Waals surface area contributed by atoms with Gasteiger partial charge < -0.3 is 9.32 Å². The maximum Gasteiger partial charge on any atom is 0.228 e. The number of pyridine rings is 1. The van der Waals surface area contributed by atoms with E-state index in [0.29, 0.717) is 51.6 Å². The van der Waals surface area contributed by atoms with E-state index < -0.39 is 11.0 Å². The van der Waals surface area contributed by atoms with Gasteiger partial charge in [-0.2, -0.15) is 15.3 Å². The number of aromatic nitrogens is 12. The molecule has 0 fully saturated rings. The smallest absolute Gasteiger partial charge is 0.228 e. The third kappa shape index (κ3) is 3.41. The Morgan fingerprint density at radius 2 is 1.52 bits per heavy atom. The Morgan fingerprint density at radius 1 is 0.682 bits per heavy atom. The van der Waals surface area contributed by atoms with Gasteiger partial charge in [0.25, 0.3) is 0 Å². The third-order valence-corrected chi connectivity index (χ3v) is 7.68. The quantitative estimate of drug-likeness (QED) is 0.282. The summed E-state index contributed by atoms with van der Waals surface area (Å²) in [6.45, 7) is 0. The molecule has 1 aliphatic heterocycles. The molecule has 7 aromatic heterocycles. The van der Waals surface area contributed by atoms with Crippen LogP contribution in [0.5, 0.6) is 0 Å². The van der Waals surface area contributed by atoms with Crippen LogP contribution in [0.25, 0.3) is 11.3 Å². The molecule has 0 radical (unpaired) electrons. The molecule has 1 aliphatic rings. The molecule has 8 rings (SSSR count). The van der Waals surface area contributed by atoms with Crippen LogP contribution in [0.2, 0.25) is 0 Å². The number of oxazole rings is 1. The molecule has 0 saturated carbocycles. The highest BCUT2D eigenvalue weighted by atomic mass is 16.3. The molecule has 2 atom stereocenters. The largest absolute Gasteiger partial charge is 0.446 e. The molecule has 14 nitrogen and oxygen atoms in total. The highest BCUT2D eigenvalue weighted by molar-refractivity contribution is 6.06. The first-order valence-corrected chi connectivity index (χ1v) is 13.5. The lowest BCUT2D eigenvalue weighted by molar-refractivity contribution is 0.296. The lowest BCUT2D eigenvalue weighted by Gasteiger charge is -2.47. The van der Waals surface area contributed by atoms with Gasteiger partial charge in [0.15, 0.2) is 11.4 Å². The minimum Gasteiger partial charge on any atom is -0.446 e. The normalized spacial score (nSPS) is 19.9. The van der Waals surface area contributed by atoms with Crippen LogP contribution in [0.3, 0.4) is 0 Å². The fraction of sp³-hybridized carbons (Fsp3) is 0.0667. The maximum absolute atomic E-state index is 6.33. The van der Waals surface area contributed by atoms with Crippen molar-refractivity contribution in [1.82, 2.24) is 60.5 Å². The van der Waals surface area contributed by atoms with Crippen molar-refractivity contribution in [3.8, 4) is 0 Å². The number of nitrogens with zero attached hydrogens (tertiary/aromatic N) is 11. The number of rotatable bonds is 7. The fourth-order valence-corrected chi connectivity index (χ4v) is 6.24. The first-order valence-electron chi connectivity index (χ1n) is 13.5. The minimum atomic E-state index is -1.47. The van der Waals surface area contributed by atoms with Crippen LogP contribution in [0.4, 0.5) is 5.82 Å². The van der Waals surface area contributed by atoms with Crippen molar-refractivity contribution >= 4 is 17.1 Å². The van der Waals surface area contributed by atoms with E-state index in [4.69, 9.17) is 29.3 Å². The van der Waals surface area contributed by atoms with Crippen molar-refractivity contribution in [2.75, 3.05) is 4.90 Å². The maximum atomic E-state index is 6.33. The van der Waals surface area contributed by atoms with Gasteiger partial charge in [-0.15, -0.1) is 5.10 Å². The minimum absolute atomic E-state index is 0.292. The Morgan fingerprint density at radius 3 is 2.18 bits per heavy atom. The predicted octanol–water partition coefficient (Wildman–Crippen LogP) is 3.20. The van der Waals surface area contributed by atoms with Gasteiger partial charge in [0.05, 0.1) is 29.0 Å². The molecular formula is C30H21N13O. The number of hydrogen-bond donors (Lipinski definition) is 2. The number of anilines is 1. The predicted molar refractivity (Wildman–Crippen MR) is 155 cm³/mol. The topological polar surface area (TPSA) is 177 Å². The summed E-state index contributed by atoms with van der Waals surface area (Å²) in [5.41, 5.74) is 0.552. The summed E-state index contributed by atoms with van der Waals surface area (Å²) in [7, 11) is 0. The second-order valence-electron chi connectivity index (χ2n) is 9.76. The van der Waals surface area contributed by atoms with Gasteiger partial charge in [0, 0.05) is 61.3 Å². The van der Waals surface area contributed by atoms with Gasteiger partial charge >= 0.3 is 0 Å². The van der Waals surface area contributed by atoms with Crippen molar-refractivity contribution in [1.29, 1.82) is 0 Å².